The number of furan rings is 2. The Morgan fingerprint density at radius 1 is 1.41 bits per heavy atom. The van der Waals surface area contributed by atoms with Crippen molar-refractivity contribution in [1.82, 2.24) is 5.32 Å². The number of carbonyl (C=O) groups excluding carboxylic acids is 1. The molecule has 0 aliphatic carbocycles. The average molecular weight is 317 g/mol. The fraction of sp³-hybridized carbons (Fsp3) is 0.188. The first kappa shape index (κ1) is 14.6. The maximum atomic E-state index is 12.2. The third-order valence-corrected chi connectivity index (χ3v) is 4.43. The van der Waals surface area contributed by atoms with E-state index >= 15 is 0 Å². The number of carbonyl (C=O) groups is 1. The molecule has 0 aromatic carbocycles. The maximum Gasteiger partial charge on any atom is 0.261 e. The number of rotatable bonds is 5. The summed E-state index contributed by atoms with van der Waals surface area (Å²) in [7, 11) is 0. The number of hydrogen-bond acceptors (Lipinski definition) is 5. The van der Waals surface area contributed by atoms with Crippen LogP contribution >= 0.6 is 11.3 Å². The highest BCUT2D eigenvalue weighted by Gasteiger charge is 2.36. The van der Waals surface area contributed by atoms with Gasteiger partial charge in [0, 0.05) is 5.56 Å². The summed E-state index contributed by atoms with van der Waals surface area (Å²) in [5.74, 6) is 0.114. The van der Waals surface area contributed by atoms with Gasteiger partial charge in [-0.1, -0.05) is 0 Å². The van der Waals surface area contributed by atoms with E-state index in [1.165, 1.54) is 30.1 Å². The first-order chi connectivity index (χ1) is 10.6. The molecule has 0 spiro atoms. The molecule has 1 atom stereocenters. The molecule has 2 N–H and O–H groups in total. The Hall–Kier alpha value is -2.31. The molecule has 0 aliphatic heterocycles. The van der Waals surface area contributed by atoms with Gasteiger partial charge in [-0.2, -0.15) is 0 Å². The summed E-state index contributed by atoms with van der Waals surface area (Å²) in [6.45, 7) is 1.91. The molecule has 0 fully saturated rings. The summed E-state index contributed by atoms with van der Waals surface area (Å²) in [5, 5.41) is 15.6. The van der Waals surface area contributed by atoms with Gasteiger partial charge in [0.2, 0.25) is 0 Å². The lowest BCUT2D eigenvalue weighted by molar-refractivity contribution is 0.0521. The second-order valence-corrected chi connectivity index (χ2v) is 5.93. The van der Waals surface area contributed by atoms with Gasteiger partial charge in [0.25, 0.3) is 5.91 Å². The molecule has 0 saturated heterocycles. The minimum absolute atomic E-state index is 0.0180. The summed E-state index contributed by atoms with van der Waals surface area (Å²) in [5.41, 5.74) is 0.0785. The van der Waals surface area contributed by atoms with E-state index in [1.54, 1.807) is 18.2 Å². The Bertz CT molecular complexity index is 709. The van der Waals surface area contributed by atoms with Gasteiger partial charge in [-0.3, -0.25) is 4.79 Å². The summed E-state index contributed by atoms with van der Waals surface area (Å²) < 4.78 is 10.4. The van der Waals surface area contributed by atoms with Crippen LogP contribution in [0, 0.1) is 6.92 Å². The molecule has 5 nitrogen and oxygen atoms in total. The van der Waals surface area contributed by atoms with Crippen molar-refractivity contribution in [3.63, 3.8) is 0 Å². The molecule has 3 aromatic heterocycles. The highest BCUT2D eigenvalue weighted by Crippen LogP contribution is 2.30. The molecular weight excluding hydrogens is 302 g/mol. The van der Waals surface area contributed by atoms with Crippen molar-refractivity contribution in [3.8, 4) is 0 Å². The summed E-state index contributed by atoms with van der Waals surface area (Å²) in [4.78, 5) is 12.8. The van der Waals surface area contributed by atoms with Crippen LogP contribution in [0.25, 0.3) is 0 Å². The van der Waals surface area contributed by atoms with Gasteiger partial charge in [0.15, 0.2) is 5.60 Å². The van der Waals surface area contributed by atoms with Crippen molar-refractivity contribution in [2.75, 3.05) is 6.54 Å². The first-order valence-corrected chi connectivity index (χ1v) is 7.60. The Morgan fingerprint density at radius 3 is 2.86 bits per heavy atom. The van der Waals surface area contributed by atoms with E-state index in [0.29, 0.717) is 16.2 Å². The van der Waals surface area contributed by atoms with Crippen LogP contribution in [0.5, 0.6) is 0 Å². The number of amides is 1. The minimum Gasteiger partial charge on any atom is -0.472 e. The smallest absolute Gasteiger partial charge is 0.261 e. The molecule has 114 valence electrons. The lowest BCUT2D eigenvalue weighted by atomic mass is 9.93. The monoisotopic (exact) mass is 317 g/mol. The van der Waals surface area contributed by atoms with Gasteiger partial charge in [-0.05, 0) is 42.1 Å². The normalized spacial score (nSPS) is 13.7. The van der Waals surface area contributed by atoms with Crippen molar-refractivity contribution in [1.29, 1.82) is 0 Å². The number of hydrogen-bond donors (Lipinski definition) is 2. The topological polar surface area (TPSA) is 75.6 Å². The Morgan fingerprint density at radius 2 is 2.27 bits per heavy atom. The van der Waals surface area contributed by atoms with Gasteiger partial charge >= 0.3 is 0 Å². The van der Waals surface area contributed by atoms with Crippen LogP contribution in [0.4, 0.5) is 0 Å². The predicted octanol–water partition coefficient (Wildman–Crippen LogP) is 2.91. The zero-order valence-electron chi connectivity index (χ0n) is 11.9. The number of thiophene rings is 1. The quantitative estimate of drug-likeness (QED) is 0.758. The highest BCUT2D eigenvalue weighted by atomic mass is 32.1. The Labute approximate surface area is 131 Å². The van der Waals surface area contributed by atoms with Gasteiger partial charge in [0.1, 0.15) is 5.76 Å². The fourth-order valence-corrected chi connectivity index (χ4v) is 3.00. The molecule has 3 heterocycles. The van der Waals surface area contributed by atoms with Crippen molar-refractivity contribution >= 4 is 17.2 Å². The molecule has 22 heavy (non-hydrogen) atoms. The second-order valence-electron chi connectivity index (χ2n) is 5.02. The fourth-order valence-electron chi connectivity index (χ4n) is 2.19. The summed E-state index contributed by atoms with van der Waals surface area (Å²) in [6, 6.07) is 6.80. The van der Waals surface area contributed by atoms with Crippen LogP contribution in [0.15, 0.2) is 57.3 Å². The number of aliphatic hydroxyl groups is 1. The van der Waals surface area contributed by atoms with Crippen molar-refractivity contribution in [2.45, 2.75) is 12.5 Å². The minimum atomic E-state index is -1.47. The summed E-state index contributed by atoms with van der Waals surface area (Å²) in [6.07, 6.45) is 4.38. The second kappa shape index (κ2) is 5.82. The van der Waals surface area contributed by atoms with Crippen molar-refractivity contribution in [3.05, 3.63) is 70.2 Å². The molecule has 0 saturated carbocycles. The third-order valence-electron chi connectivity index (χ3n) is 3.39. The van der Waals surface area contributed by atoms with Crippen LogP contribution < -0.4 is 5.32 Å². The molecule has 6 heteroatoms. The van der Waals surface area contributed by atoms with E-state index in [-0.39, 0.29) is 12.5 Å². The van der Waals surface area contributed by atoms with Crippen LogP contribution in [-0.2, 0) is 5.60 Å². The Balaban J connectivity index is 1.81. The molecule has 0 aliphatic rings. The first-order valence-electron chi connectivity index (χ1n) is 6.72. The molecule has 0 bridgehead atoms. The third kappa shape index (κ3) is 2.70. The van der Waals surface area contributed by atoms with Crippen LogP contribution in [0.2, 0.25) is 0 Å². The van der Waals surface area contributed by atoms with E-state index in [4.69, 9.17) is 8.83 Å². The molecule has 3 rings (SSSR count). The van der Waals surface area contributed by atoms with E-state index in [2.05, 4.69) is 5.32 Å². The Kier molecular flexibility index (Phi) is 3.87. The van der Waals surface area contributed by atoms with Gasteiger partial charge < -0.3 is 19.3 Å². The maximum absolute atomic E-state index is 12.2. The molecule has 3 aromatic rings. The zero-order chi connectivity index (χ0) is 15.6. The standard InChI is InChI=1S/C16H15NO4S/c1-11-7-13(22-9-11)15(18)17-10-16(19,12-4-6-20-8-12)14-3-2-5-21-14/h2-9,19H,10H2,1H3,(H,17,18)/t16-/m1/s1. The highest BCUT2D eigenvalue weighted by molar-refractivity contribution is 7.12. The predicted molar refractivity (Wildman–Crippen MR) is 81.8 cm³/mol. The lowest BCUT2D eigenvalue weighted by Crippen LogP contribution is -2.41. The molecule has 0 radical (unpaired) electrons. The van der Waals surface area contributed by atoms with Crippen LogP contribution in [0.1, 0.15) is 26.6 Å². The van der Waals surface area contributed by atoms with Gasteiger partial charge in [-0.25, -0.2) is 0 Å². The average Bonchev–Trinajstić information content (AvgIpc) is 3.24. The van der Waals surface area contributed by atoms with Gasteiger partial charge in [0.05, 0.1) is 30.2 Å². The largest absolute Gasteiger partial charge is 0.472 e. The molecular formula is C16H15NO4S. The van der Waals surface area contributed by atoms with E-state index in [9.17, 15) is 9.90 Å². The van der Waals surface area contributed by atoms with Crippen molar-refractivity contribution in [2.24, 2.45) is 0 Å². The van der Waals surface area contributed by atoms with Crippen LogP contribution in [0.3, 0.4) is 0 Å². The molecule has 1 amide bonds. The van der Waals surface area contributed by atoms with E-state index in [0.717, 1.165) is 5.56 Å². The van der Waals surface area contributed by atoms with Crippen molar-refractivity contribution < 1.29 is 18.7 Å². The number of aryl methyl sites for hydroxylation is 1. The van der Waals surface area contributed by atoms with E-state index < -0.39 is 5.60 Å². The summed E-state index contributed by atoms with van der Waals surface area (Å²) >= 11 is 1.37. The lowest BCUT2D eigenvalue weighted by Gasteiger charge is -2.25. The van der Waals surface area contributed by atoms with Gasteiger partial charge in [-0.15, -0.1) is 11.3 Å². The van der Waals surface area contributed by atoms with Crippen LogP contribution in [-0.4, -0.2) is 17.6 Å². The number of nitrogens with one attached hydrogen (secondary N) is 1. The SMILES string of the molecule is Cc1csc(C(=O)NC[C@@](O)(c2ccoc2)c2ccco2)c1. The van der Waals surface area contributed by atoms with E-state index in [1.807, 2.05) is 18.4 Å². The molecule has 0 unspecified atom stereocenters. The zero-order valence-corrected chi connectivity index (χ0v) is 12.7.